The number of hydrogen-bond donors (Lipinski definition) is 1. The van der Waals surface area contributed by atoms with E-state index in [-0.39, 0.29) is 57.9 Å². The summed E-state index contributed by atoms with van der Waals surface area (Å²) < 4.78 is 0. The first-order valence-corrected chi connectivity index (χ1v) is 3.75. The molecule has 0 aliphatic rings. The van der Waals surface area contributed by atoms with E-state index in [0.29, 0.717) is 6.54 Å². The van der Waals surface area contributed by atoms with Crippen molar-refractivity contribution in [3.8, 4) is 0 Å². The van der Waals surface area contributed by atoms with Gasteiger partial charge < -0.3 is 5.11 Å². The Morgan fingerprint density at radius 1 is 1.67 bits per heavy atom. The molecule has 0 aliphatic carbocycles. The molecular formula is C8H16KNO2. The average molecular weight is 197 g/mol. The molecule has 0 atom stereocenters. The van der Waals surface area contributed by atoms with Gasteiger partial charge in [-0.3, -0.25) is 9.69 Å². The maximum absolute atomic E-state index is 10.3. The van der Waals surface area contributed by atoms with E-state index in [2.05, 4.69) is 6.58 Å². The van der Waals surface area contributed by atoms with Crippen LogP contribution in [0, 0.1) is 0 Å². The zero-order valence-electron chi connectivity index (χ0n) is 6.92. The molecule has 12 heavy (non-hydrogen) atoms. The van der Waals surface area contributed by atoms with E-state index in [1.807, 2.05) is 11.8 Å². The zero-order valence-corrected chi connectivity index (χ0v) is 6.92. The summed E-state index contributed by atoms with van der Waals surface area (Å²) in [5.74, 6) is -0.777. The van der Waals surface area contributed by atoms with Crippen molar-refractivity contribution in [2.45, 2.75) is 13.3 Å². The van der Waals surface area contributed by atoms with E-state index in [0.717, 1.165) is 13.0 Å². The number of carboxylic acid groups (broad SMARTS) is 1. The van der Waals surface area contributed by atoms with E-state index in [1.54, 1.807) is 6.08 Å². The fourth-order valence-electron chi connectivity index (χ4n) is 0.925. The summed E-state index contributed by atoms with van der Waals surface area (Å²) in [5, 5.41) is 8.46. The maximum atomic E-state index is 10.3. The van der Waals surface area contributed by atoms with Gasteiger partial charge in [0.1, 0.15) is 0 Å². The predicted octanol–water partition coefficient (Wildman–Crippen LogP) is 0.320. The Labute approximate surface area is 116 Å². The van der Waals surface area contributed by atoms with Crippen molar-refractivity contribution in [2.24, 2.45) is 0 Å². The third-order valence-electron chi connectivity index (χ3n) is 1.29. The molecule has 0 saturated heterocycles. The summed E-state index contributed by atoms with van der Waals surface area (Å²) in [4.78, 5) is 12.1. The van der Waals surface area contributed by atoms with Crippen LogP contribution in [0.15, 0.2) is 12.7 Å². The van der Waals surface area contributed by atoms with Crippen molar-refractivity contribution in [1.29, 1.82) is 0 Å². The summed E-state index contributed by atoms with van der Waals surface area (Å²) in [6, 6.07) is 0. The molecule has 0 unspecified atom stereocenters. The molecule has 0 aromatic heterocycles. The van der Waals surface area contributed by atoms with E-state index >= 15 is 0 Å². The van der Waals surface area contributed by atoms with Gasteiger partial charge in [-0.25, -0.2) is 0 Å². The molecule has 0 saturated carbocycles. The third kappa shape index (κ3) is 8.90. The SMILES string of the molecule is C=CCN(CCC)CC(=O)O.[KH]. The standard InChI is InChI=1S/C8H15NO2.K.H/c1-3-5-9(6-4-2)7-8(10)11;;/h3H,1,4-7H2,2H3,(H,10,11);;. The summed E-state index contributed by atoms with van der Waals surface area (Å²) >= 11 is 0. The van der Waals surface area contributed by atoms with Gasteiger partial charge in [-0.2, -0.15) is 0 Å². The van der Waals surface area contributed by atoms with Gasteiger partial charge in [0.2, 0.25) is 0 Å². The van der Waals surface area contributed by atoms with E-state index < -0.39 is 5.97 Å². The molecule has 0 radical (unpaired) electrons. The first-order chi connectivity index (χ1) is 5.20. The number of hydrogen-bond acceptors (Lipinski definition) is 2. The number of carboxylic acids is 1. The van der Waals surface area contributed by atoms with Gasteiger partial charge in [-0.1, -0.05) is 13.0 Å². The second-order valence-corrected chi connectivity index (χ2v) is 2.42. The van der Waals surface area contributed by atoms with Crippen molar-refractivity contribution in [2.75, 3.05) is 19.6 Å². The summed E-state index contributed by atoms with van der Waals surface area (Å²) in [6.45, 7) is 7.16. The van der Waals surface area contributed by atoms with Gasteiger partial charge in [0.25, 0.3) is 0 Å². The number of carbonyl (C=O) groups is 1. The first-order valence-electron chi connectivity index (χ1n) is 3.75. The van der Waals surface area contributed by atoms with Crippen LogP contribution in [-0.4, -0.2) is 87.0 Å². The molecule has 0 aliphatic heterocycles. The molecule has 0 fully saturated rings. The van der Waals surface area contributed by atoms with E-state index in [9.17, 15) is 4.79 Å². The Hall–Kier alpha value is 0.806. The second kappa shape index (κ2) is 9.89. The topological polar surface area (TPSA) is 40.5 Å². The van der Waals surface area contributed by atoms with Crippen molar-refractivity contribution in [3.05, 3.63) is 12.7 Å². The molecule has 1 N–H and O–H groups in total. The van der Waals surface area contributed by atoms with Gasteiger partial charge in [-0.15, -0.1) is 6.58 Å². The molecule has 4 heteroatoms. The van der Waals surface area contributed by atoms with Crippen LogP contribution >= 0.6 is 0 Å². The Kier molecular flexibility index (Phi) is 12.6. The van der Waals surface area contributed by atoms with Crippen LogP contribution in [0.25, 0.3) is 0 Å². The number of aliphatic carboxylic acids is 1. The molecule has 0 heterocycles. The summed E-state index contributed by atoms with van der Waals surface area (Å²) in [7, 11) is 0. The Morgan fingerprint density at radius 2 is 2.25 bits per heavy atom. The molecule has 0 rings (SSSR count). The average Bonchev–Trinajstić information content (AvgIpc) is 1.87. The monoisotopic (exact) mass is 197 g/mol. The van der Waals surface area contributed by atoms with Crippen LogP contribution in [0.2, 0.25) is 0 Å². The Morgan fingerprint density at radius 3 is 2.58 bits per heavy atom. The van der Waals surface area contributed by atoms with Gasteiger partial charge in [0.05, 0.1) is 6.54 Å². The number of nitrogens with zero attached hydrogens (tertiary/aromatic N) is 1. The van der Waals surface area contributed by atoms with Gasteiger partial charge in [0.15, 0.2) is 0 Å². The minimum absolute atomic E-state index is 0. The molecule has 3 nitrogen and oxygen atoms in total. The van der Waals surface area contributed by atoms with Crippen molar-refractivity contribution in [1.82, 2.24) is 4.90 Å². The van der Waals surface area contributed by atoms with Gasteiger partial charge >= 0.3 is 57.4 Å². The molecule has 0 aromatic rings. The molecule has 0 amide bonds. The fraction of sp³-hybridized carbons (Fsp3) is 0.625. The second-order valence-electron chi connectivity index (χ2n) is 2.42. The molecule has 0 bridgehead atoms. The fourth-order valence-corrected chi connectivity index (χ4v) is 0.925. The summed E-state index contributed by atoms with van der Waals surface area (Å²) in [6.07, 6.45) is 2.69. The minimum atomic E-state index is -0.777. The molecule has 0 spiro atoms. The van der Waals surface area contributed by atoms with Crippen LogP contribution in [0.1, 0.15) is 13.3 Å². The van der Waals surface area contributed by atoms with Crippen molar-refractivity contribution < 1.29 is 9.90 Å². The van der Waals surface area contributed by atoms with E-state index in [4.69, 9.17) is 5.11 Å². The van der Waals surface area contributed by atoms with Crippen LogP contribution in [-0.2, 0) is 4.79 Å². The van der Waals surface area contributed by atoms with Crippen LogP contribution in [0.4, 0.5) is 0 Å². The quantitative estimate of drug-likeness (QED) is 0.492. The third-order valence-corrected chi connectivity index (χ3v) is 1.29. The molecule has 0 aromatic carbocycles. The van der Waals surface area contributed by atoms with Crippen LogP contribution in [0.5, 0.6) is 0 Å². The van der Waals surface area contributed by atoms with E-state index in [1.165, 1.54) is 0 Å². The van der Waals surface area contributed by atoms with Crippen molar-refractivity contribution >= 4 is 57.4 Å². The number of rotatable bonds is 6. The van der Waals surface area contributed by atoms with Crippen LogP contribution in [0.3, 0.4) is 0 Å². The van der Waals surface area contributed by atoms with Gasteiger partial charge in [-0.05, 0) is 13.0 Å². The Balaban J connectivity index is 0. The Bertz CT molecular complexity index is 139. The summed E-state index contributed by atoms with van der Waals surface area (Å²) in [5.41, 5.74) is 0. The van der Waals surface area contributed by atoms with Crippen molar-refractivity contribution in [3.63, 3.8) is 0 Å². The first kappa shape index (κ1) is 15.3. The molecular weight excluding hydrogens is 181 g/mol. The zero-order chi connectivity index (χ0) is 8.69. The normalized spacial score (nSPS) is 9.17. The molecule has 66 valence electrons. The van der Waals surface area contributed by atoms with Crippen LogP contribution < -0.4 is 0 Å². The predicted molar refractivity (Wildman–Crippen MR) is 51.7 cm³/mol. The van der Waals surface area contributed by atoms with Gasteiger partial charge in [0, 0.05) is 6.54 Å².